The van der Waals surface area contributed by atoms with Crippen molar-refractivity contribution in [2.75, 3.05) is 53.0 Å². The second-order valence-electron chi connectivity index (χ2n) is 8.97. The summed E-state index contributed by atoms with van der Waals surface area (Å²) in [5.74, 6) is 0.137. The molecule has 31 heavy (non-hydrogen) atoms. The van der Waals surface area contributed by atoms with Crippen LogP contribution in [0.1, 0.15) is 58.8 Å². The van der Waals surface area contributed by atoms with Gasteiger partial charge in [-0.15, -0.1) is 0 Å². The lowest BCUT2D eigenvalue weighted by atomic mass is 9.95. The van der Waals surface area contributed by atoms with Crippen molar-refractivity contribution in [2.24, 2.45) is 5.92 Å². The molecule has 2 atom stereocenters. The molecule has 8 nitrogen and oxygen atoms in total. The number of likely N-dealkylation sites (tertiary alicyclic amines) is 1. The standard InChI is InChI=1S/C23H37N3O5/c1-15-12-25(13-16(2)31-15)14-19-6-8-26(9-7-19)22(27)21-17(3)20(18(4)24-21)23(28)30-11-10-29-5/h15-16,19,24H,6-14H2,1-5H3. The monoisotopic (exact) mass is 435 g/mol. The third kappa shape index (κ3) is 5.87. The van der Waals surface area contributed by atoms with Gasteiger partial charge in [-0.1, -0.05) is 0 Å². The molecular formula is C23H37N3O5. The minimum atomic E-state index is -0.421. The third-order valence-electron chi connectivity index (χ3n) is 6.29. The summed E-state index contributed by atoms with van der Waals surface area (Å²) in [4.78, 5) is 33.1. The number of hydrogen-bond acceptors (Lipinski definition) is 6. The molecule has 2 aliphatic heterocycles. The Hall–Kier alpha value is -1.90. The number of methoxy groups -OCH3 is 1. The highest BCUT2D eigenvalue weighted by Crippen LogP contribution is 2.25. The number of piperidine rings is 1. The number of nitrogens with one attached hydrogen (secondary N) is 1. The Bertz CT molecular complexity index is 760. The van der Waals surface area contributed by atoms with E-state index in [2.05, 4.69) is 23.7 Å². The number of aromatic amines is 1. The molecule has 0 aromatic carbocycles. The highest BCUT2D eigenvalue weighted by atomic mass is 16.6. The SMILES string of the molecule is COCCOC(=O)c1c(C)[nH]c(C(=O)N2CCC(CN3CC(C)OC(C)C3)CC2)c1C. The first-order valence-corrected chi connectivity index (χ1v) is 11.3. The Labute approximate surface area is 185 Å². The van der Waals surface area contributed by atoms with Crippen LogP contribution in [0, 0.1) is 19.8 Å². The molecule has 2 fully saturated rings. The zero-order valence-electron chi connectivity index (χ0n) is 19.5. The van der Waals surface area contributed by atoms with Gasteiger partial charge >= 0.3 is 5.97 Å². The van der Waals surface area contributed by atoms with Crippen molar-refractivity contribution < 1.29 is 23.8 Å². The summed E-state index contributed by atoms with van der Waals surface area (Å²) in [7, 11) is 1.56. The number of morpholine rings is 1. The number of amides is 1. The van der Waals surface area contributed by atoms with E-state index < -0.39 is 5.97 Å². The predicted octanol–water partition coefficient (Wildman–Crippen LogP) is 2.40. The first kappa shape index (κ1) is 23.8. The van der Waals surface area contributed by atoms with Crippen LogP contribution in [0.4, 0.5) is 0 Å². The molecule has 8 heteroatoms. The average Bonchev–Trinajstić information content (AvgIpc) is 3.01. The maximum Gasteiger partial charge on any atom is 0.340 e. The van der Waals surface area contributed by atoms with Gasteiger partial charge in [0.05, 0.1) is 24.4 Å². The van der Waals surface area contributed by atoms with Crippen LogP contribution in [-0.2, 0) is 14.2 Å². The molecule has 1 aromatic heterocycles. The van der Waals surface area contributed by atoms with Crippen molar-refractivity contribution in [2.45, 2.75) is 52.7 Å². The van der Waals surface area contributed by atoms with Gasteiger partial charge in [0.1, 0.15) is 12.3 Å². The van der Waals surface area contributed by atoms with Gasteiger partial charge in [-0.25, -0.2) is 4.79 Å². The maximum atomic E-state index is 13.1. The number of nitrogens with zero attached hydrogens (tertiary/aromatic N) is 2. The number of rotatable bonds is 7. The van der Waals surface area contributed by atoms with Crippen molar-refractivity contribution in [1.82, 2.24) is 14.8 Å². The van der Waals surface area contributed by atoms with Gasteiger partial charge in [-0.2, -0.15) is 0 Å². The fraction of sp³-hybridized carbons (Fsp3) is 0.739. The Morgan fingerprint density at radius 3 is 2.35 bits per heavy atom. The van der Waals surface area contributed by atoms with Crippen LogP contribution >= 0.6 is 0 Å². The molecule has 3 heterocycles. The summed E-state index contributed by atoms with van der Waals surface area (Å²) in [5, 5.41) is 0. The van der Waals surface area contributed by atoms with Gasteiger partial charge in [0, 0.05) is 45.5 Å². The van der Waals surface area contributed by atoms with E-state index in [1.165, 1.54) is 0 Å². The van der Waals surface area contributed by atoms with E-state index in [1.54, 1.807) is 21.0 Å². The molecule has 1 aromatic rings. The van der Waals surface area contributed by atoms with E-state index >= 15 is 0 Å². The Morgan fingerprint density at radius 1 is 1.10 bits per heavy atom. The molecule has 0 spiro atoms. The van der Waals surface area contributed by atoms with Gasteiger partial charge in [-0.3, -0.25) is 9.69 Å². The van der Waals surface area contributed by atoms with Crippen LogP contribution in [0.25, 0.3) is 0 Å². The van der Waals surface area contributed by atoms with Crippen LogP contribution in [0.5, 0.6) is 0 Å². The number of hydrogen-bond donors (Lipinski definition) is 1. The summed E-state index contributed by atoms with van der Waals surface area (Å²) in [6.07, 6.45) is 2.55. The highest BCUT2D eigenvalue weighted by Gasteiger charge is 2.30. The van der Waals surface area contributed by atoms with Crippen LogP contribution in [0.2, 0.25) is 0 Å². The minimum Gasteiger partial charge on any atom is -0.460 e. The molecule has 2 saturated heterocycles. The van der Waals surface area contributed by atoms with Crippen LogP contribution in [0.15, 0.2) is 0 Å². The lowest BCUT2D eigenvalue weighted by Crippen LogP contribution is -2.48. The third-order valence-corrected chi connectivity index (χ3v) is 6.29. The number of aryl methyl sites for hydroxylation is 1. The fourth-order valence-corrected chi connectivity index (χ4v) is 4.84. The molecule has 1 N–H and O–H groups in total. The van der Waals surface area contributed by atoms with E-state index in [1.807, 2.05) is 4.90 Å². The fourth-order valence-electron chi connectivity index (χ4n) is 4.84. The van der Waals surface area contributed by atoms with Gasteiger partial charge in [-0.05, 0) is 52.0 Å². The molecule has 0 aliphatic carbocycles. The molecule has 3 rings (SSSR count). The van der Waals surface area contributed by atoms with E-state index in [-0.39, 0.29) is 24.7 Å². The van der Waals surface area contributed by atoms with Crippen molar-refractivity contribution in [3.05, 3.63) is 22.5 Å². The zero-order chi connectivity index (χ0) is 22.5. The number of H-pyrrole nitrogens is 1. The molecule has 0 saturated carbocycles. The number of carbonyl (C=O) groups excluding carboxylic acids is 2. The molecule has 1 amide bonds. The summed E-state index contributed by atoms with van der Waals surface area (Å²) in [6.45, 7) is 12.9. The minimum absolute atomic E-state index is 0.0383. The van der Waals surface area contributed by atoms with Gasteiger partial charge < -0.3 is 24.1 Å². The lowest BCUT2D eigenvalue weighted by Gasteiger charge is -2.39. The van der Waals surface area contributed by atoms with Crippen molar-refractivity contribution in [3.8, 4) is 0 Å². The topological polar surface area (TPSA) is 84.1 Å². The summed E-state index contributed by atoms with van der Waals surface area (Å²) < 4.78 is 16.0. The molecule has 0 bridgehead atoms. The molecule has 2 unspecified atom stereocenters. The smallest absolute Gasteiger partial charge is 0.340 e. The molecule has 2 aliphatic rings. The molecule has 174 valence electrons. The predicted molar refractivity (Wildman–Crippen MR) is 118 cm³/mol. The summed E-state index contributed by atoms with van der Waals surface area (Å²) in [5.41, 5.74) is 2.26. The molecular weight excluding hydrogens is 398 g/mol. The van der Waals surface area contributed by atoms with Crippen LogP contribution < -0.4 is 0 Å². The number of carbonyl (C=O) groups is 2. The second kappa shape index (κ2) is 10.6. The van der Waals surface area contributed by atoms with Crippen LogP contribution in [0.3, 0.4) is 0 Å². The van der Waals surface area contributed by atoms with Crippen molar-refractivity contribution >= 4 is 11.9 Å². The van der Waals surface area contributed by atoms with E-state index in [4.69, 9.17) is 14.2 Å². The molecule has 0 radical (unpaired) electrons. The average molecular weight is 436 g/mol. The van der Waals surface area contributed by atoms with E-state index in [0.29, 0.717) is 35.0 Å². The van der Waals surface area contributed by atoms with E-state index in [9.17, 15) is 9.59 Å². The number of aromatic nitrogens is 1. The second-order valence-corrected chi connectivity index (χ2v) is 8.97. The first-order valence-electron chi connectivity index (χ1n) is 11.3. The quantitative estimate of drug-likeness (QED) is 0.523. The van der Waals surface area contributed by atoms with E-state index in [0.717, 1.165) is 45.6 Å². The number of esters is 1. The lowest BCUT2D eigenvalue weighted by molar-refractivity contribution is -0.0728. The highest BCUT2D eigenvalue weighted by molar-refractivity contribution is 6.00. The Morgan fingerprint density at radius 2 is 1.74 bits per heavy atom. The largest absolute Gasteiger partial charge is 0.460 e. The summed E-state index contributed by atoms with van der Waals surface area (Å²) in [6, 6.07) is 0. The van der Waals surface area contributed by atoms with Crippen molar-refractivity contribution in [1.29, 1.82) is 0 Å². The first-order chi connectivity index (χ1) is 14.8. The van der Waals surface area contributed by atoms with Gasteiger partial charge in [0.15, 0.2) is 0 Å². The maximum absolute atomic E-state index is 13.1. The zero-order valence-corrected chi connectivity index (χ0v) is 19.5. The Kier molecular flexibility index (Phi) is 8.13. The van der Waals surface area contributed by atoms with Gasteiger partial charge in [0.25, 0.3) is 5.91 Å². The van der Waals surface area contributed by atoms with Crippen molar-refractivity contribution in [3.63, 3.8) is 0 Å². The normalized spacial score (nSPS) is 23.2. The number of ether oxygens (including phenoxy) is 3. The summed E-state index contributed by atoms with van der Waals surface area (Å²) >= 11 is 0. The van der Waals surface area contributed by atoms with Crippen LogP contribution in [-0.4, -0.2) is 91.9 Å². The Balaban J connectivity index is 1.56. The van der Waals surface area contributed by atoms with Gasteiger partial charge in [0.2, 0.25) is 0 Å².